The van der Waals surface area contributed by atoms with Crippen LogP contribution in [0, 0.1) is 5.82 Å². The van der Waals surface area contributed by atoms with Crippen LogP contribution in [0.15, 0.2) is 18.2 Å². The minimum absolute atomic E-state index is 0.0541. The second-order valence-corrected chi connectivity index (χ2v) is 7.03. The average molecular weight is 289 g/mol. The van der Waals surface area contributed by atoms with Crippen LogP contribution < -0.4 is 10.1 Å². The molecule has 0 aliphatic heterocycles. The van der Waals surface area contributed by atoms with E-state index >= 15 is 0 Å². The molecule has 1 aromatic carbocycles. The highest BCUT2D eigenvalue weighted by atomic mass is 32.2. The third kappa shape index (κ3) is 6.54. The van der Waals surface area contributed by atoms with E-state index in [1.807, 2.05) is 13.8 Å². The maximum absolute atomic E-state index is 13.2. The lowest BCUT2D eigenvalue weighted by atomic mass is 10.2. The molecule has 1 N–H and O–H groups in total. The SMILES string of the molecule is CC(C)NCc1cc(F)ccc1OCCS(C)(=O)=O. The van der Waals surface area contributed by atoms with Crippen molar-refractivity contribution in [1.29, 1.82) is 0 Å². The number of nitrogens with one attached hydrogen (secondary N) is 1. The molecule has 0 aliphatic carbocycles. The predicted molar refractivity (Wildman–Crippen MR) is 73.6 cm³/mol. The molecule has 1 rings (SSSR count). The molecule has 108 valence electrons. The van der Waals surface area contributed by atoms with Crippen LogP contribution in [0.25, 0.3) is 0 Å². The third-order valence-corrected chi connectivity index (χ3v) is 3.34. The molecule has 0 radical (unpaired) electrons. The maximum Gasteiger partial charge on any atom is 0.150 e. The summed E-state index contributed by atoms with van der Waals surface area (Å²) in [5, 5.41) is 3.17. The van der Waals surface area contributed by atoms with Gasteiger partial charge in [-0.1, -0.05) is 13.8 Å². The van der Waals surface area contributed by atoms with Gasteiger partial charge in [0.2, 0.25) is 0 Å². The Hall–Kier alpha value is -1.14. The van der Waals surface area contributed by atoms with Crippen LogP contribution in [0.3, 0.4) is 0 Å². The summed E-state index contributed by atoms with van der Waals surface area (Å²) in [6, 6.07) is 4.49. The van der Waals surface area contributed by atoms with Gasteiger partial charge in [-0.2, -0.15) is 0 Å². The van der Waals surface area contributed by atoms with Gasteiger partial charge in [-0.15, -0.1) is 0 Å². The molecule has 0 amide bonds. The van der Waals surface area contributed by atoms with Gasteiger partial charge in [0, 0.05) is 24.4 Å². The molecule has 0 aromatic heterocycles. The molecule has 19 heavy (non-hydrogen) atoms. The molecule has 0 unspecified atom stereocenters. The van der Waals surface area contributed by atoms with Gasteiger partial charge in [0.1, 0.15) is 18.2 Å². The van der Waals surface area contributed by atoms with E-state index in [4.69, 9.17) is 4.74 Å². The summed E-state index contributed by atoms with van der Waals surface area (Å²) < 4.78 is 40.7. The van der Waals surface area contributed by atoms with Crippen molar-refractivity contribution < 1.29 is 17.5 Å². The second-order valence-electron chi connectivity index (χ2n) is 4.77. The van der Waals surface area contributed by atoms with E-state index < -0.39 is 9.84 Å². The van der Waals surface area contributed by atoms with Crippen molar-refractivity contribution in [2.45, 2.75) is 26.4 Å². The van der Waals surface area contributed by atoms with Gasteiger partial charge in [0.25, 0.3) is 0 Å². The van der Waals surface area contributed by atoms with Gasteiger partial charge in [-0.05, 0) is 18.2 Å². The first-order valence-electron chi connectivity index (χ1n) is 6.10. The second kappa shape index (κ2) is 6.86. The molecule has 6 heteroatoms. The smallest absolute Gasteiger partial charge is 0.150 e. The zero-order chi connectivity index (χ0) is 14.5. The van der Waals surface area contributed by atoms with Crippen LogP contribution in [0.5, 0.6) is 5.75 Å². The molecule has 0 heterocycles. The predicted octanol–water partition coefficient (Wildman–Crippen LogP) is 1.75. The van der Waals surface area contributed by atoms with E-state index in [1.165, 1.54) is 18.2 Å². The van der Waals surface area contributed by atoms with Crippen LogP contribution in [0.2, 0.25) is 0 Å². The van der Waals surface area contributed by atoms with Crippen molar-refractivity contribution in [2.24, 2.45) is 0 Å². The summed E-state index contributed by atoms with van der Waals surface area (Å²) in [5.74, 6) is 0.121. The fourth-order valence-electron chi connectivity index (χ4n) is 1.44. The van der Waals surface area contributed by atoms with E-state index in [0.29, 0.717) is 17.9 Å². The highest BCUT2D eigenvalue weighted by molar-refractivity contribution is 7.90. The van der Waals surface area contributed by atoms with Crippen molar-refractivity contribution >= 4 is 9.84 Å². The zero-order valence-electron chi connectivity index (χ0n) is 11.4. The molecule has 0 fully saturated rings. The van der Waals surface area contributed by atoms with Crippen molar-refractivity contribution in [1.82, 2.24) is 5.32 Å². The van der Waals surface area contributed by atoms with Crippen molar-refractivity contribution in [2.75, 3.05) is 18.6 Å². The monoisotopic (exact) mass is 289 g/mol. The fourth-order valence-corrected chi connectivity index (χ4v) is 1.83. The van der Waals surface area contributed by atoms with Crippen LogP contribution in [-0.2, 0) is 16.4 Å². The quantitative estimate of drug-likeness (QED) is 0.831. The molecule has 0 atom stereocenters. The summed E-state index contributed by atoms with van der Waals surface area (Å²) in [6.07, 6.45) is 1.16. The highest BCUT2D eigenvalue weighted by Gasteiger charge is 2.08. The van der Waals surface area contributed by atoms with E-state index in [0.717, 1.165) is 6.26 Å². The van der Waals surface area contributed by atoms with E-state index in [-0.39, 0.29) is 24.2 Å². The largest absolute Gasteiger partial charge is 0.492 e. The van der Waals surface area contributed by atoms with E-state index in [9.17, 15) is 12.8 Å². The lowest BCUT2D eigenvalue weighted by molar-refractivity contribution is 0.335. The van der Waals surface area contributed by atoms with E-state index in [1.54, 1.807) is 0 Å². The Morgan fingerprint density at radius 2 is 2.05 bits per heavy atom. The number of hydrogen-bond acceptors (Lipinski definition) is 4. The third-order valence-electron chi connectivity index (χ3n) is 2.43. The summed E-state index contributed by atoms with van der Waals surface area (Å²) >= 11 is 0. The Morgan fingerprint density at radius 3 is 2.63 bits per heavy atom. The van der Waals surface area contributed by atoms with Crippen LogP contribution in [-0.4, -0.2) is 33.1 Å². The Bertz CT molecular complexity index is 515. The molecule has 4 nitrogen and oxygen atoms in total. The number of benzene rings is 1. The molecular formula is C13H20FNO3S. The fraction of sp³-hybridized carbons (Fsp3) is 0.538. The minimum Gasteiger partial charge on any atom is -0.492 e. The van der Waals surface area contributed by atoms with Crippen LogP contribution >= 0.6 is 0 Å². The molecule has 0 bridgehead atoms. The number of ether oxygens (including phenoxy) is 1. The van der Waals surface area contributed by atoms with Gasteiger partial charge >= 0.3 is 0 Å². The maximum atomic E-state index is 13.2. The van der Waals surface area contributed by atoms with E-state index in [2.05, 4.69) is 5.32 Å². The van der Waals surface area contributed by atoms with Crippen molar-refractivity contribution in [3.05, 3.63) is 29.6 Å². The Balaban J connectivity index is 2.70. The Labute approximate surface area is 113 Å². The molecule has 0 saturated heterocycles. The molecule has 1 aromatic rings. The van der Waals surface area contributed by atoms with Gasteiger partial charge in [-0.3, -0.25) is 0 Å². The lowest BCUT2D eigenvalue weighted by Gasteiger charge is -2.13. The Morgan fingerprint density at radius 1 is 1.37 bits per heavy atom. The molecular weight excluding hydrogens is 269 g/mol. The van der Waals surface area contributed by atoms with Gasteiger partial charge in [0.05, 0.1) is 5.75 Å². The highest BCUT2D eigenvalue weighted by Crippen LogP contribution is 2.19. The van der Waals surface area contributed by atoms with Gasteiger partial charge in [0.15, 0.2) is 9.84 Å². The molecule has 0 aliphatic rings. The minimum atomic E-state index is -3.06. The molecule has 0 saturated carbocycles. The zero-order valence-corrected chi connectivity index (χ0v) is 12.3. The Kier molecular flexibility index (Phi) is 5.75. The summed E-state index contributed by atoms with van der Waals surface area (Å²) in [4.78, 5) is 0. The number of rotatable bonds is 7. The number of halogens is 1. The lowest BCUT2D eigenvalue weighted by Crippen LogP contribution is -2.22. The standard InChI is InChI=1S/C13H20FNO3S/c1-10(2)15-9-11-8-12(14)4-5-13(11)18-6-7-19(3,16)17/h4-5,8,10,15H,6-7,9H2,1-3H3. The van der Waals surface area contributed by atoms with Crippen molar-refractivity contribution in [3.63, 3.8) is 0 Å². The summed E-state index contributed by atoms with van der Waals surface area (Å²) in [5.41, 5.74) is 0.683. The first kappa shape index (κ1) is 15.9. The summed E-state index contributed by atoms with van der Waals surface area (Å²) in [6.45, 7) is 4.52. The topological polar surface area (TPSA) is 55.4 Å². The molecule has 0 spiro atoms. The van der Waals surface area contributed by atoms with Gasteiger partial charge in [-0.25, -0.2) is 12.8 Å². The van der Waals surface area contributed by atoms with Crippen LogP contribution in [0.4, 0.5) is 4.39 Å². The van der Waals surface area contributed by atoms with Gasteiger partial charge < -0.3 is 10.1 Å². The first-order chi connectivity index (χ1) is 8.78. The number of sulfone groups is 1. The summed E-state index contributed by atoms with van der Waals surface area (Å²) in [7, 11) is -3.06. The normalized spacial score (nSPS) is 11.8. The number of hydrogen-bond donors (Lipinski definition) is 1. The first-order valence-corrected chi connectivity index (χ1v) is 8.16. The average Bonchev–Trinajstić information content (AvgIpc) is 2.27. The van der Waals surface area contributed by atoms with Crippen LogP contribution in [0.1, 0.15) is 19.4 Å². The van der Waals surface area contributed by atoms with Crippen molar-refractivity contribution in [3.8, 4) is 5.75 Å².